The van der Waals surface area contributed by atoms with Gasteiger partial charge in [-0.05, 0) is 48.4 Å². The second-order valence-electron chi connectivity index (χ2n) is 7.02. The number of ether oxygens (including phenoxy) is 2. The summed E-state index contributed by atoms with van der Waals surface area (Å²) in [6, 6.07) is 11.3. The van der Waals surface area contributed by atoms with Crippen molar-refractivity contribution in [1.29, 1.82) is 0 Å². The summed E-state index contributed by atoms with van der Waals surface area (Å²) in [6.45, 7) is 4.60. The number of nitrogens with zero attached hydrogens (tertiary/aromatic N) is 1. The van der Waals surface area contributed by atoms with Crippen molar-refractivity contribution in [2.45, 2.75) is 12.5 Å². The predicted octanol–water partition coefficient (Wildman–Crippen LogP) is 3.85. The number of carbonyl (C=O) groups is 2. The molecule has 1 amide bonds. The van der Waals surface area contributed by atoms with Gasteiger partial charge >= 0.3 is 0 Å². The van der Waals surface area contributed by atoms with E-state index in [4.69, 9.17) is 9.47 Å². The maximum atomic E-state index is 13.3. The fraction of sp³-hybridized carbons (Fsp3) is 0.250. The molecule has 0 saturated carbocycles. The second-order valence-corrected chi connectivity index (χ2v) is 7.02. The summed E-state index contributed by atoms with van der Waals surface area (Å²) in [5.74, 6) is -1.78. The van der Waals surface area contributed by atoms with Crippen LogP contribution in [0.5, 0.6) is 5.75 Å². The minimum absolute atomic E-state index is 0.0464. The molecule has 0 bridgehead atoms. The lowest BCUT2D eigenvalue weighted by Crippen LogP contribution is -2.31. The van der Waals surface area contributed by atoms with E-state index in [1.165, 1.54) is 29.2 Å². The first-order valence-electron chi connectivity index (χ1n) is 9.85. The van der Waals surface area contributed by atoms with Crippen LogP contribution < -0.4 is 4.74 Å². The van der Waals surface area contributed by atoms with Gasteiger partial charge in [0.25, 0.3) is 11.7 Å². The molecular weight excluding hydrogens is 401 g/mol. The van der Waals surface area contributed by atoms with Gasteiger partial charge in [0, 0.05) is 25.8 Å². The first-order chi connectivity index (χ1) is 15.0. The van der Waals surface area contributed by atoms with Crippen LogP contribution in [0.25, 0.3) is 5.76 Å². The Bertz CT molecular complexity index is 999. The summed E-state index contributed by atoms with van der Waals surface area (Å²) in [7, 11) is 1.56. The van der Waals surface area contributed by atoms with Crippen molar-refractivity contribution in [3.8, 4) is 5.75 Å². The highest BCUT2D eigenvalue weighted by molar-refractivity contribution is 6.46. The van der Waals surface area contributed by atoms with Crippen molar-refractivity contribution in [2.75, 3.05) is 26.9 Å². The Labute approximate surface area is 180 Å². The third-order valence-electron chi connectivity index (χ3n) is 4.95. The zero-order valence-corrected chi connectivity index (χ0v) is 17.2. The average Bonchev–Trinajstić information content (AvgIpc) is 3.03. The molecule has 2 aromatic rings. The largest absolute Gasteiger partial charge is 0.507 e. The SMILES string of the molecule is C=CCOc1cccc(C2C(=C(O)c3ccc(F)cc3)C(=O)C(=O)N2CCCOC)c1. The van der Waals surface area contributed by atoms with Gasteiger partial charge in [0.2, 0.25) is 0 Å². The molecule has 1 aliphatic rings. The van der Waals surface area contributed by atoms with Gasteiger partial charge in [0.15, 0.2) is 0 Å². The minimum atomic E-state index is -0.811. The van der Waals surface area contributed by atoms with Crippen molar-refractivity contribution >= 4 is 17.4 Å². The van der Waals surface area contributed by atoms with Crippen molar-refractivity contribution in [3.63, 3.8) is 0 Å². The van der Waals surface area contributed by atoms with E-state index in [1.54, 1.807) is 37.5 Å². The molecule has 6 nitrogen and oxygen atoms in total. The Morgan fingerprint density at radius 2 is 1.97 bits per heavy atom. The molecule has 162 valence electrons. The summed E-state index contributed by atoms with van der Waals surface area (Å²) in [5, 5.41) is 10.9. The normalized spacial score (nSPS) is 17.7. The standard InChI is InChI=1S/C24H24FNO5/c1-3-13-31-19-7-4-6-17(15-19)21-20(22(27)16-8-10-18(25)11-9-16)23(28)24(29)26(21)12-5-14-30-2/h3-4,6-11,15,21,27H,1,5,12-14H2,2H3. The van der Waals surface area contributed by atoms with Gasteiger partial charge in [-0.1, -0.05) is 24.8 Å². The molecule has 1 fully saturated rings. The van der Waals surface area contributed by atoms with E-state index in [-0.39, 0.29) is 23.4 Å². The maximum absolute atomic E-state index is 13.3. The fourth-order valence-corrected chi connectivity index (χ4v) is 3.53. The molecule has 0 spiro atoms. The number of halogens is 1. The summed E-state index contributed by atoms with van der Waals surface area (Å²) < 4.78 is 24.0. The van der Waals surface area contributed by atoms with Crippen LogP contribution in [0.3, 0.4) is 0 Å². The molecule has 7 heteroatoms. The minimum Gasteiger partial charge on any atom is -0.507 e. The van der Waals surface area contributed by atoms with E-state index in [1.807, 2.05) is 0 Å². The van der Waals surface area contributed by atoms with Gasteiger partial charge in [0.1, 0.15) is 23.9 Å². The fourth-order valence-electron chi connectivity index (χ4n) is 3.53. The third-order valence-corrected chi connectivity index (χ3v) is 4.95. The van der Waals surface area contributed by atoms with Gasteiger partial charge in [-0.15, -0.1) is 0 Å². The molecule has 31 heavy (non-hydrogen) atoms. The number of amides is 1. The number of carbonyl (C=O) groups excluding carboxylic acids is 2. The summed E-state index contributed by atoms with van der Waals surface area (Å²) in [6.07, 6.45) is 2.13. The van der Waals surface area contributed by atoms with E-state index in [0.29, 0.717) is 30.9 Å². The first-order valence-corrected chi connectivity index (χ1v) is 9.85. The highest BCUT2D eigenvalue weighted by Gasteiger charge is 2.45. The number of aliphatic hydroxyl groups excluding tert-OH is 1. The van der Waals surface area contributed by atoms with Crippen LogP contribution >= 0.6 is 0 Å². The molecule has 1 heterocycles. The van der Waals surface area contributed by atoms with Crippen molar-refractivity contribution < 1.29 is 28.6 Å². The van der Waals surface area contributed by atoms with Crippen LogP contribution in [-0.4, -0.2) is 48.6 Å². The Kier molecular flexibility index (Phi) is 7.20. The van der Waals surface area contributed by atoms with Crippen LogP contribution in [0.4, 0.5) is 4.39 Å². The number of hydrogen-bond acceptors (Lipinski definition) is 5. The number of benzene rings is 2. The van der Waals surface area contributed by atoms with Gasteiger partial charge in [-0.25, -0.2) is 4.39 Å². The van der Waals surface area contributed by atoms with E-state index < -0.39 is 23.5 Å². The van der Waals surface area contributed by atoms with Gasteiger partial charge < -0.3 is 19.5 Å². The zero-order chi connectivity index (χ0) is 22.4. The summed E-state index contributed by atoms with van der Waals surface area (Å²) in [4.78, 5) is 27.2. The van der Waals surface area contributed by atoms with Crippen molar-refractivity contribution in [2.24, 2.45) is 0 Å². The molecule has 2 aromatic carbocycles. The van der Waals surface area contributed by atoms with Gasteiger partial charge in [0.05, 0.1) is 11.6 Å². The van der Waals surface area contributed by atoms with Crippen LogP contribution in [0.1, 0.15) is 23.6 Å². The molecule has 1 atom stereocenters. The molecule has 1 aliphatic heterocycles. The molecule has 3 rings (SSSR count). The number of likely N-dealkylation sites (tertiary alicyclic amines) is 1. The topological polar surface area (TPSA) is 76.1 Å². The number of ketones is 1. The molecular formula is C24H24FNO5. The lowest BCUT2D eigenvalue weighted by atomic mass is 9.95. The molecule has 1 N–H and O–H groups in total. The maximum Gasteiger partial charge on any atom is 0.295 e. The summed E-state index contributed by atoms with van der Waals surface area (Å²) >= 11 is 0. The molecule has 1 unspecified atom stereocenters. The zero-order valence-electron chi connectivity index (χ0n) is 17.2. The van der Waals surface area contributed by atoms with Gasteiger partial charge in [-0.3, -0.25) is 9.59 Å². The van der Waals surface area contributed by atoms with E-state index in [2.05, 4.69) is 6.58 Å². The Balaban J connectivity index is 2.10. The van der Waals surface area contributed by atoms with Crippen molar-refractivity contribution in [3.05, 3.63) is 83.7 Å². The average molecular weight is 425 g/mol. The smallest absolute Gasteiger partial charge is 0.295 e. The number of aliphatic hydroxyl groups is 1. The molecule has 0 radical (unpaired) electrons. The predicted molar refractivity (Wildman–Crippen MR) is 114 cm³/mol. The molecule has 0 aliphatic carbocycles. The Morgan fingerprint density at radius 1 is 1.23 bits per heavy atom. The van der Waals surface area contributed by atoms with Crippen molar-refractivity contribution in [1.82, 2.24) is 4.90 Å². The lowest BCUT2D eigenvalue weighted by Gasteiger charge is -2.25. The number of Topliss-reactive ketones (excluding diaryl/α,β-unsaturated/α-hetero) is 1. The molecule has 1 saturated heterocycles. The first kappa shape index (κ1) is 22.2. The van der Waals surface area contributed by atoms with E-state index in [9.17, 15) is 19.1 Å². The third kappa shape index (κ3) is 4.83. The molecule has 0 aromatic heterocycles. The Hall–Kier alpha value is -3.45. The monoisotopic (exact) mass is 425 g/mol. The lowest BCUT2D eigenvalue weighted by molar-refractivity contribution is -0.140. The van der Waals surface area contributed by atoms with E-state index >= 15 is 0 Å². The number of hydrogen-bond donors (Lipinski definition) is 1. The highest BCUT2D eigenvalue weighted by Crippen LogP contribution is 2.40. The van der Waals surface area contributed by atoms with Crippen LogP contribution in [0.2, 0.25) is 0 Å². The van der Waals surface area contributed by atoms with Crippen LogP contribution in [0, 0.1) is 5.82 Å². The quantitative estimate of drug-likeness (QED) is 0.217. The van der Waals surface area contributed by atoms with Crippen LogP contribution in [0.15, 0.2) is 66.8 Å². The van der Waals surface area contributed by atoms with E-state index in [0.717, 1.165) is 0 Å². The second kappa shape index (κ2) is 10.0. The van der Waals surface area contributed by atoms with Gasteiger partial charge in [-0.2, -0.15) is 0 Å². The highest BCUT2D eigenvalue weighted by atomic mass is 19.1. The Morgan fingerprint density at radius 3 is 2.65 bits per heavy atom. The number of methoxy groups -OCH3 is 1. The number of rotatable bonds is 9. The van der Waals surface area contributed by atoms with Crippen LogP contribution in [-0.2, 0) is 14.3 Å². The summed E-state index contributed by atoms with van der Waals surface area (Å²) in [5.41, 5.74) is 0.817.